The molecule has 1 amide bonds. The molecule has 1 heterocycles. The van der Waals surface area contributed by atoms with Gasteiger partial charge < -0.3 is 34.8 Å². The van der Waals surface area contributed by atoms with E-state index in [0.29, 0.717) is 6.61 Å². The van der Waals surface area contributed by atoms with E-state index < -0.39 is 49.1 Å². The van der Waals surface area contributed by atoms with Crippen LogP contribution in [0.2, 0.25) is 0 Å². The van der Waals surface area contributed by atoms with E-state index in [1.54, 1.807) is 13.8 Å². The lowest BCUT2D eigenvalue weighted by atomic mass is 9.96. The lowest BCUT2D eigenvalue weighted by molar-refractivity contribution is -0.278. The summed E-state index contributed by atoms with van der Waals surface area (Å²) in [4.78, 5) is 23.9. The lowest BCUT2D eigenvalue weighted by Crippen LogP contribution is -2.65. The third-order valence-corrected chi connectivity index (χ3v) is 4.40. The average molecular weight is 391 g/mol. The maximum atomic E-state index is 12.2. The molecule has 0 aromatic heterocycles. The van der Waals surface area contributed by atoms with Gasteiger partial charge in [0.05, 0.1) is 25.7 Å². The van der Waals surface area contributed by atoms with Crippen molar-refractivity contribution in [2.24, 2.45) is 5.92 Å². The molecule has 158 valence electrons. The number of carbonyl (C=O) groups is 2. The molecule has 0 aliphatic carbocycles. The molecule has 1 rings (SSSR count). The van der Waals surface area contributed by atoms with Crippen molar-refractivity contribution in [3.05, 3.63) is 0 Å². The van der Waals surface area contributed by atoms with Gasteiger partial charge in [0.2, 0.25) is 5.91 Å². The number of aliphatic hydroxyl groups excluding tert-OH is 3. The number of esters is 1. The zero-order valence-electron chi connectivity index (χ0n) is 16.5. The predicted octanol–water partition coefficient (Wildman–Crippen LogP) is -0.295. The highest BCUT2D eigenvalue weighted by Crippen LogP contribution is 2.23. The van der Waals surface area contributed by atoms with Crippen molar-refractivity contribution < 1.29 is 39.1 Å². The second-order valence-electron chi connectivity index (χ2n) is 7.18. The molecule has 0 radical (unpaired) electrons. The fourth-order valence-corrected chi connectivity index (χ4v) is 2.52. The minimum absolute atomic E-state index is 0.0938. The topological polar surface area (TPSA) is 135 Å². The molecule has 0 saturated carbocycles. The fraction of sp³-hybridized carbons (Fsp3) is 0.889. The molecule has 2 unspecified atom stereocenters. The normalized spacial score (nSPS) is 29.4. The predicted molar refractivity (Wildman–Crippen MR) is 95.6 cm³/mol. The summed E-state index contributed by atoms with van der Waals surface area (Å²) in [5.74, 6) is -0.719. The van der Waals surface area contributed by atoms with E-state index in [2.05, 4.69) is 5.32 Å². The van der Waals surface area contributed by atoms with Gasteiger partial charge in [-0.25, -0.2) is 0 Å². The first kappa shape index (κ1) is 23.8. The Bertz CT molecular complexity index is 472. The number of hydrogen-bond donors (Lipinski definition) is 4. The molecule has 0 bridgehead atoms. The first-order valence-corrected chi connectivity index (χ1v) is 9.42. The van der Waals surface area contributed by atoms with Crippen LogP contribution in [0.3, 0.4) is 0 Å². The standard InChI is InChI=1S/C18H33NO8/c1-5-11(4)9-25-14(22)7-6-13(21)19-15-17(24)16(23)12(8-20)27-18(15)26-10(2)3/h10-12,15-18,20,23-24H,5-9H2,1-4H3,(H,19,21)/t11?,12-,15-,16-,17-,18?/m1/s1. The number of carbonyl (C=O) groups excluding carboxylic acids is 2. The SMILES string of the molecule is CCC(C)COC(=O)CCC(=O)N[C@H]1C(OC(C)C)O[C@H](CO)[C@@H](O)[C@@H]1O. The third kappa shape index (κ3) is 7.71. The molecule has 9 nitrogen and oxygen atoms in total. The fourth-order valence-electron chi connectivity index (χ4n) is 2.52. The summed E-state index contributed by atoms with van der Waals surface area (Å²) in [7, 11) is 0. The summed E-state index contributed by atoms with van der Waals surface area (Å²) in [6, 6.07) is -1.03. The van der Waals surface area contributed by atoms with Crippen LogP contribution in [0.4, 0.5) is 0 Å². The maximum absolute atomic E-state index is 12.2. The van der Waals surface area contributed by atoms with Crippen LogP contribution in [-0.2, 0) is 23.8 Å². The molecular formula is C18H33NO8. The van der Waals surface area contributed by atoms with Crippen LogP contribution in [-0.4, -0.2) is 77.2 Å². The van der Waals surface area contributed by atoms with Gasteiger partial charge in [-0.15, -0.1) is 0 Å². The first-order chi connectivity index (χ1) is 12.7. The molecule has 27 heavy (non-hydrogen) atoms. The van der Waals surface area contributed by atoms with Gasteiger partial charge >= 0.3 is 5.97 Å². The molecule has 0 aromatic rings. The molecule has 4 N–H and O–H groups in total. The van der Waals surface area contributed by atoms with Gasteiger partial charge in [-0.2, -0.15) is 0 Å². The van der Waals surface area contributed by atoms with Crippen LogP contribution < -0.4 is 5.32 Å². The zero-order chi connectivity index (χ0) is 20.6. The number of nitrogens with one attached hydrogen (secondary N) is 1. The zero-order valence-corrected chi connectivity index (χ0v) is 16.5. The van der Waals surface area contributed by atoms with Gasteiger partial charge in [0.25, 0.3) is 0 Å². The molecule has 1 aliphatic rings. The summed E-state index contributed by atoms with van der Waals surface area (Å²) in [5, 5.41) is 32.1. The van der Waals surface area contributed by atoms with E-state index in [1.165, 1.54) is 0 Å². The average Bonchev–Trinajstić information content (AvgIpc) is 2.63. The number of hydrogen-bond acceptors (Lipinski definition) is 8. The van der Waals surface area contributed by atoms with E-state index in [9.17, 15) is 24.9 Å². The quantitative estimate of drug-likeness (QED) is 0.373. The van der Waals surface area contributed by atoms with Gasteiger partial charge in [0.15, 0.2) is 6.29 Å². The van der Waals surface area contributed by atoms with E-state index in [0.717, 1.165) is 6.42 Å². The number of rotatable bonds is 10. The van der Waals surface area contributed by atoms with Crippen molar-refractivity contribution in [2.45, 2.75) is 83.7 Å². The molecule has 1 saturated heterocycles. The minimum Gasteiger partial charge on any atom is -0.465 e. The van der Waals surface area contributed by atoms with Gasteiger partial charge in [-0.05, 0) is 19.8 Å². The van der Waals surface area contributed by atoms with E-state index in [1.807, 2.05) is 13.8 Å². The Labute approximate surface area is 160 Å². The minimum atomic E-state index is -1.39. The van der Waals surface area contributed by atoms with Crippen LogP contribution in [0.15, 0.2) is 0 Å². The number of amides is 1. The van der Waals surface area contributed by atoms with Crippen molar-refractivity contribution in [3.63, 3.8) is 0 Å². The van der Waals surface area contributed by atoms with Crippen LogP contribution in [0.1, 0.15) is 47.0 Å². The van der Waals surface area contributed by atoms with Gasteiger partial charge in [-0.3, -0.25) is 9.59 Å². The third-order valence-electron chi connectivity index (χ3n) is 4.40. The van der Waals surface area contributed by atoms with E-state index in [-0.39, 0.29) is 24.9 Å². The van der Waals surface area contributed by atoms with Gasteiger partial charge in [0, 0.05) is 6.42 Å². The van der Waals surface area contributed by atoms with Crippen molar-refractivity contribution in [1.29, 1.82) is 0 Å². The Hall–Kier alpha value is -1.26. The van der Waals surface area contributed by atoms with Crippen LogP contribution in [0, 0.1) is 5.92 Å². The van der Waals surface area contributed by atoms with Gasteiger partial charge in [-0.1, -0.05) is 20.3 Å². The smallest absolute Gasteiger partial charge is 0.306 e. The first-order valence-electron chi connectivity index (χ1n) is 9.42. The Balaban J connectivity index is 2.58. The number of ether oxygens (including phenoxy) is 3. The van der Waals surface area contributed by atoms with Crippen LogP contribution in [0.25, 0.3) is 0 Å². The Kier molecular flexibility index (Phi) is 10.2. The molecule has 0 spiro atoms. The summed E-state index contributed by atoms with van der Waals surface area (Å²) < 4.78 is 16.1. The molecule has 6 atom stereocenters. The van der Waals surface area contributed by atoms with E-state index >= 15 is 0 Å². The summed E-state index contributed by atoms with van der Waals surface area (Å²) in [6.07, 6.45) is -4.43. The summed E-state index contributed by atoms with van der Waals surface area (Å²) in [5.41, 5.74) is 0. The van der Waals surface area contributed by atoms with E-state index in [4.69, 9.17) is 14.2 Å². The molecule has 1 aliphatic heterocycles. The molecule has 9 heteroatoms. The Morgan fingerprint density at radius 3 is 2.37 bits per heavy atom. The highest BCUT2D eigenvalue weighted by molar-refractivity contribution is 5.81. The van der Waals surface area contributed by atoms with Crippen molar-refractivity contribution in [3.8, 4) is 0 Å². The molecular weight excluding hydrogens is 358 g/mol. The molecule has 0 aromatic carbocycles. The molecule has 1 fully saturated rings. The maximum Gasteiger partial charge on any atom is 0.306 e. The lowest BCUT2D eigenvalue weighted by Gasteiger charge is -2.42. The highest BCUT2D eigenvalue weighted by atomic mass is 16.7. The summed E-state index contributed by atoms with van der Waals surface area (Å²) >= 11 is 0. The highest BCUT2D eigenvalue weighted by Gasteiger charge is 2.45. The Morgan fingerprint density at radius 1 is 1.15 bits per heavy atom. The second kappa shape index (κ2) is 11.6. The van der Waals surface area contributed by atoms with Crippen molar-refractivity contribution >= 4 is 11.9 Å². The number of aliphatic hydroxyl groups is 3. The summed E-state index contributed by atoms with van der Waals surface area (Å²) in [6.45, 7) is 7.27. The van der Waals surface area contributed by atoms with Gasteiger partial charge in [0.1, 0.15) is 24.4 Å². The van der Waals surface area contributed by atoms with Crippen molar-refractivity contribution in [1.82, 2.24) is 5.32 Å². The van der Waals surface area contributed by atoms with Crippen LogP contribution in [0.5, 0.6) is 0 Å². The van der Waals surface area contributed by atoms with Crippen molar-refractivity contribution in [2.75, 3.05) is 13.2 Å². The second-order valence-corrected chi connectivity index (χ2v) is 7.18. The monoisotopic (exact) mass is 391 g/mol. The largest absolute Gasteiger partial charge is 0.465 e. The van der Waals surface area contributed by atoms with Crippen LogP contribution >= 0.6 is 0 Å². The Morgan fingerprint density at radius 2 is 1.81 bits per heavy atom.